The maximum atomic E-state index is 12.5. The summed E-state index contributed by atoms with van der Waals surface area (Å²) in [6.07, 6.45) is 4.10. The second-order valence-electron chi connectivity index (χ2n) is 7.98. The number of rotatable bonds is 8. The standard InChI is InChI=1S/C23H28N6O3/c1-15-23(16(2)25-14-24-15)19-12-18(27-22(30)13-21-26-17(3)32-28-21)6-7-20(19)31-11-10-29-8-4-5-9-29/h6-7,12,14H,4-5,8-11,13H2,1-3H3,(H,27,30). The lowest BCUT2D eigenvalue weighted by molar-refractivity contribution is -0.115. The summed E-state index contributed by atoms with van der Waals surface area (Å²) in [5, 5.41) is 6.69. The third kappa shape index (κ3) is 5.28. The number of benzene rings is 1. The monoisotopic (exact) mass is 436 g/mol. The molecule has 1 N–H and O–H groups in total. The van der Waals surface area contributed by atoms with E-state index in [1.165, 1.54) is 12.8 Å². The molecular formula is C23H28N6O3. The number of aryl methyl sites for hydroxylation is 3. The van der Waals surface area contributed by atoms with Gasteiger partial charge in [0.2, 0.25) is 11.8 Å². The van der Waals surface area contributed by atoms with Crippen LogP contribution in [-0.4, -0.2) is 57.2 Å². The minimum absolute atomic E-state index is 0.0350. The van der Waals surface area contributed by atoms with Crippen molar-refractivity contribution in [1.82, 2.24) is 25.0 Å². The number of hydrogen-bond donors (Lipinski definition) is 1. The van der Waals surface area contributed by atoms with E-state index in [9.17, 15) is 4.79 Å². The van der Waals surface area contributed by atoms with Crippen LogP contribution in [0.4, 0.5) is 5.69 Å². The van der Waals surface area contributed by atoms with Crippen LogP contribution in [0.2, 0.25) is 0 Å². The van der Waals surface area contributed by atoms with Gasteiger partial charge in [0.25, 0.3) is 0 Å². The van der Waals surface area contributed by atoms with E-state index < -0.39 is 0 Å². The molecule has 1 aliphatic heterocycles. The summed E-state index contributed by atoms with van der Waals surface area (Å²) in [5.74, 6) is 1.31. The van der Waals surface area contributed by atoms with Crippen molar-refractivity contribution in [3.8, 4) is 16.9 Å². The Bertz CT molecular complexity index is 1070. The molecule has 32 heavy (non-hydrogen) atoms. The highest BCUT2D eigenvalue weighted by Gasteiger charge is 2.17. The average Bonchev–Trinajstić information content (AvgIpc) is 3.41. The number of likely N-dealkylation sites (tertiary alicyclic amines) is 1. The summed E-state index contributed by atoms with van der Waals surface area (Å²) < 4.78 is 11.1. The zero-order valence-corrected chi connectivity index (χ0v) is 18.7. The minimum atomic E-state index is -0.225. The van der Waals surface area contributed by atoms with E-state index in [1.807, 2.05) is 32.0 Å². The summed E-state index contributed by atoms with van der Waals surface area (Å²) in [5.41, 5.74) is 4.13. The molecule has 0 bridgehead atoms. The van der Waals surface area contributed by atoms with E-state index in [2.05, 4.69) is 30.3 Å². The first kappa shape index (κ1) is 21.9. The number of nitrogens with one attached hydrogen (secondary N) is 1. The van der Waals surface area contributed by atoms with E-state index >= 15 is 0 Å². The normalized spacial score (nSPS) is 14.0. The zero-order chi connectivity index (χ0) is 22.5. The van der Waals surface area contributed by atoms with Crippen molar-refractivity contribution in [1.29, 1.82) is 0 Å². The molecule has 1 aromatic carbocycles. The number of ether oxygens (including phenoxy) is 1. The molecule has 3 aromatic rings. The maximum Gasteiger partial charge on any atom is 0.232 e. The molecule has 0 aliphatic carbocycles. The van der Waals surface area contributed by atoms with Crippen LogP contribution in [-0.2, 0) is 11.2 Å². The molecule has 1 saturated heterocycles. The van der Waals surface area contributed by atoms with Gasteiger partial charge in [0.05, 0.1) is 6.42 Å². The third-order valence-corrected chi connectivity index (χ3v) is 5.51. The van der Waals surface area contributed by atoms with Crippen LogP contribution in [0.3, 0.4) is 0 Å². The molecule has 0 saturated carbocycles. The molecule has 2 aromatic heterocycles. The second kappa shape index (κ2) is 9.86. The first-order chi connectivity index (χ1) is 15.5. The highest BCUT2D eigenvalue weighted by molar-refractivity contribution is 5.93. The highest BCUT2D eigenvalue weighted by Crippen LogP contribution is 2.35. The Hall–Kier alpha value is -3.33. The van der Waals surface area contributed by atoms with Gasteiger partial charge < -0.3 is 14.6 Å². The van der Waals surface area contributed by atoms with Crippen molar-refractivity contribution in [2.24, 2.45) is 0 Å². The third-order valence-electron chi connectivity index (χ3n) is 5.51. The second-order valence-corrected chi connectivity index (χ2v) is 7.98. The van der Waals surface area contributed by atoms with Gasteiger partial charge in [-0.1, -0.05) is 5.16 Å². The Morgan fingerprint density at radius 2 is 1.91 bits per heavy atom. The number of amides is 1. The Labute approximate surface area is 187 Å². The van der Waals surface area contributed by atoms with Crippen LogP contribution in [0, 0.1) is 20.8 Å². The molecule has 0 unspecified atom stereocenters. The number of nitrogens with zero attached hydrogens (tertiary/aromatic N) is 5. The van der Waals surface area contributed by atoms with E-state index in [1.54, 1.807) is 13.3 Å². The average molecular weight is 437 g/mol. The van der Waals surface area contributed by atoms with Crippen LogP contribution < -0.4 is 10.1 Å². The van der Waals surface area contributed by atoms with Gasteiger partial charge in [-0.3, -0.25) is 9.69 Å². The fraction of sp³-hybridized carbons (Fsp3) is 0.435. The molecule has 1 fully saturated rings. The molecule has 9 nitrogen and oxygen atoms in total. The summed E-state index contributed by atoms with van der Waals surface area (Å²) in [4.78, 5) is 27.7. The lowest BCUT2D eigenvalue weighted by Gasteiger charge is -2.18. The summed E-state index contributed by atoms with van der Waals surface area (Å²) in [6.45, 7) is 9.34. The van der Waals surface area contributed by atoms with Crippen molar-refractivity contribution in [3.63, 3.8) is 0 Å². The van der Waals surface area contributed by atoms with E-state index in [0.29, 0.717) is 24.0 Å². The topological polar surface area (TPSA) is 106 Å². The van der Waals surface area contributed by atoms with Gasteiger partial charge in [0.15, 0.2) is 5.82 Å². The van der Waals surface area contributed by atoms with Gasteiger partial charge in [-0.25, -0.2) is 9.97 Å². The van der Waals surface area contributed by atoms with Crippen LogP contribution in [0.1, 0.15) is 35.9 Å². The Kier molecular flexibility index (Phi) is 6.75. The molecule has 168 valence electrons. The molecule has 1 aliphatic rings. The van der Waals surface area contributed by atoms with Gasteiger partial charge in [-0.05, 0) is 58.0 Å². The van der Waals surface area contributed by atoms with Crippen LogP contribution in [0.15, 0.2) is 29.0 Å². The molecule has 3 heterocycles. The number of carbonyl (C=O) groups excluding carboxylic acids is 1. The first-order valence-corrected chi connectivity index (χ1v) is 10.9. The van der Waals surface area contributed by atoms with Crippen LogP contribution >= 0.6 is 0 Å². The van der Waals surface area contributed by atoms with E-state index in [4.69, 9.17) is 9.26 Å². The van der Waals surface area contributed by atoms with Gasteiger partial charge in [0.1, 0.15) is 18.7 Å². The summed E-state index contributed by atoms with van der Waals surface area (Å²) in [7, 11) is 0. The quantitative estimate of drug-likeness (QED) is 0.574. The number of hydrogen-bond acceptors (Lipinski definition) is 8. The molecule has 0 atom stereocenters. The Balaban J connectivity index is 1.55. The van der Waals surface area contributed by atoms with Crippen molar-refractivity contribution >= 4 is 11.6 Å². The molecule has 4 rings (SSSR count). The van der Waals surface area contributed by atoms with Gasteiger partial charge in [0, 0.05) is 41.7 Å². The van der Waals surface area contributed by atoms with Crippen molar-refractivity contribution in [2.75, 3.05) is 31.6 Å². The maximum absolute atomic E-state index is 12.5. The highest BCUT2D eigenvalue weighted by atomic mass is 16.5. The molecule has 1 amide bonds. The Morgan fingerprint density at radius 1 is 1.16 bits per heavy atom. The lowest BCUT2D eigenvalue weighted by atomic mass is 10.0. The first-order valence-electron chi connectivity index (χ1n) is 10.9. The Morgan fingerprint density at radius 3 is 2.59 bits per heavy atom. The van der Waals surface area contributed by atoms with Crippen LogP contribution in [0.5, 0.6) is 5.75 Å². The zero-order valence-electron chi connectivity index (χ0n) is 18.7. The number of anilines is 1. The molecule has 9 heteroatoms. The molecule has 0 spiro atoms. The SMILES string of the molecule is Cc1nc(CC(=O)Nc2ccc(OCCN3CCCC3)c(-c3c(C)ncnc3C)c2)no1. The molecule has 0 radical (unpaired) electrons. The van der Waals surface area contributed by atoms with E-state index in [0.717, 1.165) is 47.9 Å². The van der Waals surface area contributed by atoms with Crippen molar-refractivity contribution in [3.05, 3.63) is 47.6 Å². The predicted molar refractivity (Wildman–Crippen MR) is 119 cm³/mol. The summed E-state index contributed by atoms with van der Waals surface area (Å²) in [6, 6.07) is 5.63. The van der Waals surface area contributed by atoms with Crippen molar-refractivity contribution < 1.29 is 14.1 Å². The molecular weight excluding hydrogens is 408 g/mol. The summed E-state index contributed by atoms with van der Waals surface area (Å²) >= 11 is 0. The van der Waals surface area contributed by atoms with Crippen LogP contribution in [0.25, 0.3) is 11.1 Å². The number of aromatic nitrogens is 4. The predicted octanol–water partition coefficient (Wildman–Crippen LogP) is 3.11. The van der Waals surface area contributed by atoms with Crippen molar-refractivity contribution in [2.45, 2.75) is 40.0 Å². The fourth-order valence-corrected chi connectivity index (χ4v) is 3.96. The van der Waals surface area contributed by atoms with Gasteiger partial charge in [-0.15, -0.1) is 0 Å². The minimum Gasteiger partial charge on any atom is -0.492 e. The smallest absolute Gasteiger partial charge is 0.232 e. The lowest BCUT2D eigenvalue weighted by Crippen LogP contribution is -2.25. The van der Waals surface area contributed by atoms with E-state index in [-0.39, 0.29) is 12.3 Å². The number of carbonyl (C=O) groups is 1. The van der Waals surface area contributed by atoms with Gasteiger partial charge >= 0.3 is 0 Å². The largest absolute Gasteiger partial charge is 0.492 e. The van der Waals surface area contributed by atoms with Gasteiger partial charge in [-0.2, -0.15) is 4.98 Å². The fourth-order valence-electron chi connectivity index (χ4n) is 3.96.